The third kappa shape index (κ3) is 3.80. The van der Waals surface area contributed by atoms with Gasteiger partial charge in [0.2, 0.25) is 5.91 Å². The standard InChI is InChI=1S/C20H21N5O3/c1-2-19-23-17-5-3-4-6-18(17)25(19)8-7-20(26)24(9-15-11-27-13-21-15)10-16-12-28-14-22-16/h3-6,11-14H,2,7-10H2,1H3. The van der Waals surface area contributed by atoms with E-state index in [-0.39, 0.29) is 5.91 Å². The van der Waals surface area contributed by atoms with Crippen molar-refractivity contribution < 1.29 is 13.6 Å². The van der Waals surface area contributed by atoms with Gasteiger partial charge in [-0.3, -0.25) is 4.79 Å². The van der Waals surface area contributed by atoms with Crippen LogP contribution in [0.2, 0.25) is 0 Å². The van der Waals surface area contributed by atoms with Crippen molar-refractivity contribution in [3.05, 3.63) is 66.8 Å². The summed E-state index contributed by atoms with van der Waals surface area (Å²) in [4.78, 5) is 27.6. The van der Waals surface area contributed by atoms with Gasteiger partial charge in [-0.2, -0.15) is 0 Å². The molecular weight excluding hydrogens is 358 g/mol. The molecule has 1 amide bonds. The largest absolute Gasteiger partial charge is 0.451 e. The number of aryl methyl sites for hydroxylation is 2. The number of hydrogen-bond acceptors (Lipinski definition) is 6. The first-order valence-electron chi connectivity index (χ1n) is 9.20. The van der Waals surface area contributed by atoms with Gasteiger partial charge in [0.1, 0.15) is 18.4 Å². The maximum atomic E-state index is 13.0. The summed E-state index contributed by atoms with van der Waals surface area (Å²) < 4.78 is 12.2. The van der Waals surface area contributed by atoms with E-state index in [1.807, 2.05) is 24.3 Å². The second-order valence-electron chi connectivity index (χ2n) is 6.48. The van der Waals surface area contributed by atoms with Gasteiger partial charge in [0.15, 0.2) is 12.8 Å². The average Bonchev–Trinajstić information content (AvgIpc) is 3.46. The van der Waals surface area contributed by atoms with E-state index in [9.17, 15) is 4.79 Å². The van der Waals surface area contributed by atoms with Gasteiger partial charge >= 0.3 is 0 Å². The second kappa shape index (κ2) is 8.08. The first-order chi connectivity index (χ1) is 13.7. The highest BCUT2D eigenvalue weighted by Crippen LogP contribution is 2.18. The fourth-order valence-corrected chi connectivity index (χ4v) is 3.26. The van der Waals surface area contributed by atoms with E-state index in [1.54, 1.807) is 17.4 Å². The van der Waals surface area contributed by atoms with Crippen LogP contribution in [0.25, 0.3) is 11.0 Å². The number of rotatable bonds is 8. The van der Waals surface area contributed by atoms with Crippen molar-refractivity contribution in [1.29, 1.82) is 0 Å². The maximum absolute atomic E-state index is 13.0. The molecule has 0 aliphatic carbocycles. The zero-order valence-electron chi connectivity index (χ0n) is 15.6. The van der Waals surface area contributed by atoms with Crippen LogP contribution in [0.3, 0.4) is 0 Å². The minimum Gasteiger partial charge on any atom is -0.451 e. The fraction of sp³-hybridized carbons (Fsp3) is 0.300. The number of imidazole rings is 1. The van der Waals surface area contributed by atoms with E-state index in [2.05, 4.69) is 26.4 Å². The SMILES string of the molecule is CCc1nc2ccccc2n1CCC(=O)N(Cc1cocn1)Cc1cocn1. The van der Waals surface area contributed by atoms with Gasteiger partial charge in [0, 0.05) is 19.4 Å². The highest BCUT2D eigenvalue weighted by atomic mass is 16.3. The topological polar surface area (TPSA) is 90.2 Å². The lowest BCUT2D eigenvalue weighted by Gasteiger charge is -2.21. The number of nitrogens with zero attached hydrogens (tertiary/aromatic N) is 5. The molecule has 4 rings (SSSR count). The average molecular weight is 379 g/mol. The Hall–Kier alpha value is -3.42. The van der Waals surface area contributed by atoms with Crippen LogP contribution >= 0.6 is 0 Å². The number of hydrogen-bond donors (Lipinski definition) is 0. The summed E-state index contributed by atoms with van der Waals surface area (Å²) in [6.45, 7) is 3.35. The molecular formula is C20H21N5O3. The van der Waals surface area contributed by atoms with Gasteiger partial charge in [-0.05, 0) is 12.1 Å². The van der Waals surface area contributed by atoms with Gasteiger partial charge in [0.25, 0.3) is 0 Å². The number of aromatic nitrogens is 4. The van der Waals surface area contributed by atoms with E-state index in [0.717, 1.165) is 23.3 Å². The van der Waals surface area contributed by atoms with Gasteiger partial charge in [-0.1, -0.05) is 19.1 Å². The molecule has 0 radical (unpaired) electrons. The summed E-state index contributed by atoms with van der Waals surface area (Å²) in [6.07, 6.45) is 6.97. The van der Waals surface area contributed by atoms with E-state index < -0.39 is 0 Å². The Morgan fingerprint density at radius 1 is 1.07 bits per heavy atom. The molecule has 8 heteroatoms. The number of oxazole rings is 2. The van der Waals surface area contributed by atoms with Crippen molar-refractivity contribution >= 4 is 16.9 Å². The molecule has 3 heterocycles. The van der Waals surface area contributed by atoms with Crippen LogP contribution in [0, 0.1) is 0 Å². The lowest BCUT2D eigenvalue weighted by Crippen LogP contribution is -2.31. The molecule has 0 aliphatic heterocycles. The molecule has 4 aromatic rings. The smallest absolute Gasteiger partial charge is 0.225 e. The van der Waals surface area contributed by atoms with Gasteiger partial charge in [-0.15, -0.1) is 0 Å². The Labute approximate surface area is 161 Å². The van der Waals surface area contributed by atoms with Crippen LogP contribution in [0.15, 0.2) is 58.4 Å². The van der Waals surface area contributed by atoms with Crippen LogP contribution in [-0.2, 0) is 30.8 Å². The molecule has 28 heavy (non-hydrogen) atoms. The summed E-state index contributed by atoms with van der Waals surface area (Å²) in [5.41, 5.74) is 3.39. The summed E-state index contributed by atoms with van der Waals surface area (Å²) in [7, 11) is 0. The molecule has 0 spiro atoms. The van der Waals surface area contributed by atoms with Crippen LogP contribution in [0.1, 0.15) is 30.6 Å². The third-order valence-corrected chi connectivity index (χ3v) is 4.62. The van der Waals surface area contributed by atoms with Crippen LogP contribution in [-0.4, -0.2) is 30.3 Å². The maximum Gasteiger partial charge on any atom is 0.225 e. The van der Waals surface area contributed by atoms with Gasteiger partial charge < -0.3 is 18.3 Å². The predicted molar refractivity (Wildman–Crippen MR) is 101 cm³/mol. The molecule has 0 saturated heterocycles. The van der Waals surface area contributed by atoms with Crippen molar-refractivity contribution in [2.75, 3.05) is 0 Å². The summed E-state index contributed by atoms with van der Waals surface area (Å²) in [6, 6.07) is 7.99. The Kier molecular flexibility index (Phi) is 5.18. The number of amides is 1. The quantitative estimate of drug-likeness (QED) is 0.467. The third-order valence-electron chi connectivity index (χ3n) is 4.62. The molecule has 0 N–H and O–H groups in total. The van der Waals surface area contributed by atoms with Crippen molar-refractivity contribution in [2.45, 2.75) is 39.4 Å². The lowest BCUT2D eigenvalue weighted by molar-refractivity contribution is -0.132. The normalized spacial score (nSPS) is 11.2. The summed E-state index contributed by atoms with van der Waals surface area (Å²) in [5.74, 6) is 0.986. The van der Waals surface area contributed by atoms with Gasteiger partial charge in [0.05, 0.1) is 35.5 Å². The van der Waals surface area contributed by atoms with E-state index >= 15 is 0 Å². The zero-order chi connectivity index (χ0) is 19.3. The number of benzene rings is 1. The molecule has 144 valence electrons. The molecule has 0 saturated carbocycles. The number of para-hydroxylation sites is 2. The molecule has 0 aliphatic rings. The Balaban J connectivity index is 1.51. The summed E-state index contributed by atoms with van der Waals surface area (Å²) >= 11 is 0. The molecule has 1 aromatic carbocycles. The Bertz CT molecular complexity index is 1000. The monoisotopic (exact) mass is 379 g/mol. The first-order valence-corrected chi connectivity index (χ1v) is 9.20. The second-order valence-corrected chi connectivity index (χ2v) is 6.48. The van der Waals surface area contributed by atoms with E-state index in [0.29, 0.717) is 37.4 Å². The minimum atomic E-state index is 0.00540. The minimum absolute atomic E-state index is 0.00540. The van der Waals surface area contributed by atoms with Crippen molar-refractivity contribution in [3.8, 4) is 0 Å². The van der Waals surface area contributed by atoms with Crippen LogP contribution < -0.4 is 0 Å². The van der Waals surface area contributed by atoms with E-state index in [4.69, 9.17) is 8.83 Å². The first kappa shape index (κ1) is 18.0. The van der Waals surface area contributed by atoms with Crippen LogP contribution in [0.4, 0.5) is 0 Å². The highest BCUT2D eigenvalue weighted by molar-refractivity contribution is 5.78. The molecule has 0 unspecified atom stereocenters. The molecule has 0 bridgehead atoms. The predicted octanol–water partition coefficient (Wildman–Crippen LogP) is 3.19. The van der Waals surface area contributed by atoms with Crippen LogP contribution in [0.5, 0.6) is 0 Å². The zero-order valence-corrected chi connectivity index (χ0v) is 15.6. The molecule has 0 fully saturated rings. The van der Waals surface area contributed by atoms with Crippen molar-refractivity contribution in [1.82, 2.24) is 24.4 Å². The highest BCUT2D eigenvalue weighted by Gasteiger charge is 2.18. The Morgan fingerprint density at radius 2 is 1.75 bits per heavy atom. The number of fused-ring (bicyclic) bond motifs is 1. The molecule has 8 nitrogen and oxygen atoms in total. The Morgan fingerprint density at radius 3 is 2.36 bits per heavy atom. The van der Waals surface area contributed by atoms with E-state index in [1.165, 1.54) is 12.8 Å². The molecule has 3 aromatic heterocycles. The van der Waals surface area contributed by atoms with Crippen molar-refractivity contribution in [2.24, 2.45) is 0 Å². The number of carbonyl (C=O) groups is 1. The lowest BCUT2D eigenvalue weighted by atomic mass is 10.2. The number of carbonyl (C=O) groups excluding carboxylic acids is 1. The molecule has 0 atom stereocenters. The summed E-state index contributed by atoms with van der Waals surface area (Å²) in [5, 5.41) is 0. The fourth-order valence-electron chi connectivity index (χ4n) is 3.26. The van der Waals surface area contributed by atoms with Crippen molar-refractivity contribution in [3.63, 3.8) is 0 Å². The van der Waals surface area contributed by atoms with Gasteiger partial charge in [-0.25, -0.2) is 15.0 Å².